The quantitative estimate of drug-likeness (QED) is 0.678. The number of aryl methyl sites for hydroxylation is 3. The van der Waals surface area contributed by atoms with Gasteiger partial charge in [-0.3, -0.25) is 0 Å². The van der Waals surface area contributed by atoms with E-state index in [1.807, 2.05) is 13.8 Å². The Hall–Kier alpha value is -2.13. The summed E-state index contributed by atoms with van der Waals surface area (Å²) < 4.78 is 45.5. The van der Waals surface area contributed by atoms with Crippen LogP contribution >= 0.6 is 11.3 Å². The minimum atomic E-state index is -4.87. The van der Waals surface area contributed by atoms with E-state index in [4.69, 9.17) is 4.42 Å². The maximum Gasteiger partial charge on any atom is 0.424 e. The van der Waals surface area contributed by atoms with E-state index in [-0.39, 0.29) is 6.54 Å². The number of halogens is 3. The molecule has 0 spiro atoms. The van der Waals surface area contributed by atoms with Crippen LogP contribution in [-0.2, 0) is 5.60 Å². The van der Waals surface area contributed by atoms with Gasteiger partial charge in [0.2, 0.25) is 5.60 Å². The zero-order valence-electron chi connectivity index (χ0n) is 14.4. The maximum absolute atomic E-state index is 13.5. The molecule has 26 heavy (non-hydrogen) atoms. The van der Waals surface area contributed by atoms with E-state index in [9.17, 15) is 18.3 Å². The van der Waals surface area contributed by atoms with Gasteiger partial charge in [0, 0.05) is 17.8 Å². The van der Waals surface area contributed by atoms with E-state index in [1.54, 1.807) is 0 Å². The zero-order valence-corrected chi connectivity index (χ0v) is 15.3. The minimum absolute atomic E-state index is 0.143. The Balaban J connectivity index is 1.83. The van der Waals surface area contributed by atoms with Crippen LogP contribution in [0.25, 0.3) is 10.2 Å². The number of nitrogens with one attached hydrogen (secondary N) is 1. The Morgan fingerprint density at radius 1 is 1.19 bits per heavy atom. The van der Waals surface area contributed by atoms with Crippen LogP contribution in [0.4, 0.5) is 19.0 Å². The molecule has 0 saturated carbocycles. The van der Waals surface area contributed by atoms with Gasteiger partial charge in [0.25, 0.3) is 0 Å². The standard InChI is InChI=1S/C17H18F3N3O2S/c1-9-4-5-12(25-9)16(24,17(18,19)20)6-7-21-14-13-10(2)11(3)26-15(13)23-8-22-14/h4-5,8,24H,6-7H2,1-3H3,(H,21,22,23)/t16-/m0/s1. The molecule has 0 bridgehead atoms. The first kappa shape index (κ1) is 18.7. The predicted octanol–water partition coefficient (Wildman–Crippen LogP) is 4.46. The Morgan fingerprint density at radius 3 is 2.54 bits per heavy atom. The molecule has 3 aromatic rings. The minimum Gasteiger partial charge on any atom is -0.463 e. The fourth-order valence-electron chi connectivity index (χ4n) is 2.74. The smallest absolute Gasteiger partial charge is 0.424 e. The summed E-state index contributed by atoms with van der Waals surface area (Å²) in [6, 6.07) is 2.54. The molecule has 0 saturated heterocycles. The second-order valence-electron chi connectivity index (χ2n) is 6.13. The average molecular weight is 385 g/mol. The summed E-state index contributed by atoms with van der Waals surface area (Å²) in [5, 5.41) is 14.0. The van der Waals surface area contributed by atoms with Gasteiger partial charge in [0.15, 0.2) is 0 Å². The van der Waals surface area contributed by atoms with Crippen molar-refractivity contribution in [1.82, 2.24) is 9.97 Å². The second kappa shape index (κ2) is 6.55. The molecule has 0 unspecified atom stereocenters. The third-order valence-corrected chi connectivity index (χ3v) is 5.48. The van der Waals surface area contributed by atoms with Crippen LogP contribution in [0, 0.1) is 20.8 Å². The lowest BCUT2D eigenvalue weighted by atomic mass is 9.95. The number of anilines is 1. The van der Waals surface area contributed by atoms with Gasteiger partial charge in [-0.2, -0.15) is 13.2 Å². The summed E-state index contributed by atoms with van der Waals surface area (Å²) in [4.78, 5) is 10.2. The summed E-state index contributed by atoms with van der Waals surface area (Å²) in [6.07, 6.45) is -4.11. The van der Waals surface area contributed by atoms with Crippen molar-refractivity contribution < 1.29 is 22.7 Å². The Labute approximate surface area is 151 Å². The molecule has 140 valence electrons. The molecule has 0 aliphatic rings. The number of aliphatic hydroxyl groups is 1. The lowest BCUT2D eigenvalue weighted by Gasteiger charge is -2.28. The number of hydrogen-bond donors (Lipinski definition) is 2. The van der Waals surface area contributed by atoms with Gasteiger partial charge in [0.05, 0.1) is 5.39 Å². The number of aromatic nitrogens is 2. The number of hydrogen-bond acceptors (Lipinski definition) is 6. The summed E-state index contributed by atoms with van der Waals surface area (Å²) >= 11 is 1.50. The molecule has 0 radical (unpaired) electrons. The maximum atomic E-state index is 13.5. The molecule has 3 rings (SSSR count). The second-order valence-corrected chi connectivity index (χ2v) is 7.33. The van der Waals surface area contributed by atoms with Gasteiger partial charge in [-0.1, -0.05) is 0 Å². The molecule has 0 aliphatic heterocycles. The van der Waals surface area contributed by atoms with Crippen molar-refractivity contribution in [3.8, 4) is 0 Å². The average Bonchev–Trinajstić information content (AvgIpc) is 3.11. The number of fused-ring (bicyclic) bond motifs is 1. The van der Waals surface area contributed by atoms with E-state index in [1.165, 1.54) is 30.7 Å². The molecule has 3 heterocycles. The fraction of sp³-hybridized carbons (Fsp3) is 0.412. The van der Waals surface area contributed by atoms with Crippen molar-refractivity contribution in [3.63, 3.8) is 0 Å². The Morgan fingerprint density at radius 2 is 1.92 bits per heavy atom. The van der Waals surface area contributed by atoms with E-state index < -0.39 is 24.0 Å². The molecule has 9 heteroatoms. The number of thiophene rings is 1. The third kappa shape index (κ3) is 3.16. The summed E-state index contributed by atoms with van der Waals surface area (Å²) in [6.45, 7) is 5.25. The molecule has 0 aliphatic carbocycles. The third-order valence-electron chi connectivity index (χ3n) is 4.36. The van der Waals surface area contributed by atoms with Crippen LogP contribution in [0.1, 0.15) is 28.4 Å². The van der Waals surface area contributed by atoms with E-state index >= 15 is 0 Å². The van der Waals surface area contributed by atoms with Crippen LogP contribution in [0.3, 0.4) is 0 Å². The number of furan rings is 1. The predicted molar refractivity (Wildman–Crippen MR) is 93.4 cm³/mol. The molecule has 0 fully saturated rings. The van der Waals surface area contributed by atoms with Crippen molar-refractivity contribution in [1.29, 1.82) is 0 Å². The molecule has 0 amide bonds. The lowest BCUT2D eigenvalue weighted by molar-refractivity contribution is -0.274. The first-order valence-corrected chi connectivity index (χ1v) is 8.75. The van der Waals surface area contributed by atoms with Crippen LogP contribution < -0.4 is 5.32 Å². The summed E-state index contributed by atoms with van der Waals surface area (Å²) in [7, 11) is 0. The van der Waals surface area contributed by atoms with Crippen LogP contribution in [-0.4, -0.2) is 27.8 Å². The lowest BCUT2D eigenvalue weighted by Crippen LogP contribution is -2.43. The van der Waals surface area contributed by atoms with Gasteiger partial charge in [-0.15, -0.1) is 11.3 Å². The molecule has 3 aromatic heterocycles. The summed E-state index contributed by atoms with van der Waals surface area (Å²) in [5.74, 6) is 0.245. The van der Waals surface area contributed by atoms with Crippen molar-refractivity contribution >= 4 is 27.4 Å². The fourth-order valence-corrected chi connectivity index (χ4v) is 3.74. The zero-order chi connectivity index (χ0) is 19.1. The van der Waals surface area contributed by atoms with Crippen LogP contribution in [0.15, 0.2) is 22.9 Å². The topological polar surface area (TPSA) is 71.2 Å². The highest BCUT2D eigenvalue weighted by Gasteiger charge is 2.56. The van der Waals surface area contributed by atoms with Crippen LogP contribution in [0.2, 0.25) is 0 Å². The first-order chi connectivity index (χ1) is 12.1. The van der Waals surface area contributed by atoms with Crippen molar-refractivity contribution in [2.24, 2.45) is 0 Å². The number of nitrogens with zero attached hydrogens (tertiary/aromatic N) is 2. The van der Waals surface area contributed by atoms with E-state index in [2.05, 4.69) is 15.3 Å². The largest absolute Gasteiger partial charge is 0.463 e. The number of rotatable bonds is 5. The van der Waals surface area contributed by atoms with Gasteiger partial charge in [-0.05, 0) is 38.5 Å². The molecule has 1 atom stereocenters. The normalized spacial score (nSPS) is 14.6. The monoisotopic (exact) mass is 385 g/mol. The Bertz CT molecular complexity index is 935. The van der Waals surface area contributed by atoms with E-state index in [0.29, 0.717) is 11.6 Å². The number of alkyl halides is 3. The Kier molecular flexibility index (Phi) is 4.70. The van der Waals surface area contributed by atoms with Crippen molar-refractivity contribution in [2.45, 2.75) is 39.0 Å². The van der Waals surface area contributed by atoms with Crippen LogP contribution in [0.5, 0.6) is 0 Å². The highest BCUT2D eigenvalue weighted by atomic mass is 32.1. The van der Waals surface area contributed by atoms with Crippen molar-refractivity contribution in [2.75, 3.05) is 11.9 Å². The molecular formula is C17H18F3N3O2S. The van der Waals surface area contributed by atoms with Gasteiger partial charge < -0.3 is 14.8 Å². The van der Waals surface area contributed by atoms with Gasteiger partial charge >= 0.3 is 6.18 Å². The highest BCUT2D eigenvalue weighted by molar-refractivity contribution is 7.18. The molecule has 2 N–H and O–H groups in total. The highest BCUT2D eigenvalue weighted by Crippen LogP contribution is 2.42. The van der Waals surface area contributed by atoms with Gasteiger partial charge in [0.1, 0.15) is 28.5 Å². The van der Waals surface area contributed by atoms with Gasteiger partial charge in [-0.25, -0.2) is 9.97 Å². The molecular weight excluding hydrogens is 367 g/mol. The first-order valence-electron chi connectivity index (χ1n) is 7.94. The van der Waals surface area contributed by atoms with E-state index in [0.717, 1.165) is 26.7 Å². The molecule has 0 aromatic carbocycles. The summed E-state index contributed by atoms with van der Waals surface area (Å²) in [5.41, 5.74) is -2.08. The molecule has 5 nitrogen and oxygen atoms in total. The SMILES string of the molecule is Cc1ccc([C@@](O)(CCNc2ncnc3sc(C)c(C)c23)C(F)(F)F)o1. The van der Waals surface area contributed by atoms with Crippen molar-refractivity contribution in [3.05, 3.63) is 40.4 Å².